The number of aromatic nitrogens is 1. The summed E-state index contributed by atoms with van der Waals surface area (Å²) in [6.07, 6.45) is 0.886. The zero-order valence-corrected chi connectivity index (χ0v) is 7.70. The largest absolute Gasteiger partial charge is 0.236 e. The van der Waals surface area contributed by atoms with Crippen LogP contribution in [0.25, 0.3) is 0 Å². The van der Waals surface area contributed by atoms with Gasteiger partial charge in [0.2, 0.25) is 0 Å². The van der Waals surface area contributed by atoms with Crippen LogP contribution in [0.4, 0.5) is 0 Å². The van der Waals surface area contributed by atoms with Gasteiger partial charge in [-0.25, -0.2) is 4.98 Å². The van der Waals surface area contributed by atoms with Gasteiger partial charge in [-0.15, -0.1) is 11.3 Å². The highest BCUT2D eigenvalue weighted by atomic mass is 79.9. The molecule has 1 aromatic heterocycles. The molecule has 1 heterocycles. The lowest BCUT2D eigenvalue weighted by Gasteiger charge is -1.75. The summed E-state index contributed by atoms with van der Waals surface area (Å²) in [6, 6.07) is 0. The van der Waals surface area contributed by atoms with Gasteiger partial charge in [-0.3, -0.25) is 0 Å². The van der Waals surface area contributed by atoms with Gasteiger partial charge in [0.25, 0.3) is 0 Å². The molecule has 1 nitrogen and oxygen atoms in total. The molecular weight excluding hydrogens is 210 g/mol. The van der Waals surface area contributed by atoms with E-state index in [2.05, 4.69) is 32.8 Å². The van der Waals surface area contributed by atoms with Crippen molar-refractivity contribution in [3.8, 4) is 11.8 Å². The Balaban J connectivity index is 2.49. The van der Waals surface area contributed by atoms with E-state index in [-0.39, 0.29) is 0 Å². The molecule has 1 rings (SSSR count). The van der Waals surface area contributed by atoms with Crippen LogP contribution in [0.3, 0.4) is 0 Å². The first-order chi connectivity index (χ1) is 4.93. The second-order valence-electron chi connectivity index (χ2n) is 1.61. The lowest BCUT2D eigenvalue weighted by molar-refractivity contribution is 1.31. The first-order valence-corrected chi connectivity index (χ1v) is 4.93. The molecule has 0 aliphatic heterocycles. The highest BCUT2D eigenvalue weighted by Gasteiger charge is 1.83. The van der Waals surface area contributed by atoms with Gasteiger partial charge in [0.05, 0.1) is 5.51 Å². The summed E-state index contributed by atoms with van der Waals surface area (Å²) < 4.78 is 0. The number of halogens is 1. The van der Waals surface area contributed by atoms with Crippen molar-refractivity contribution in [3.05, 3.63) is 16.6 Å². The predicted molar refractivity (Wildman–Crippen MR) is 47.4 cm³/mol. The Morgan fingerprint density at radius 1 is 1.70 bits per heavy atom. The quantitative estimate of drug-likeness (QED) is 0.518. The molecule has 0 spiro atoms. The van der Waals surface area contributed by atoms with E-state index in [0.717, 1.165) is 17.4 Å². The molecule has 0 aromatic carbocycles. The molecule has 0 fully saturated rings. The third kappa shape index (κ3) is 2.51. The van der Waals surface area contributed by atoms with Gasteiger partial charge in [-0.05, 0) is 5.92 Å². The maximum atomic E-state index is 4.02. The monoisotopic (exact) mass is 215 g/mol. The van der Waals surface area contributed by atoms with Gasteiger partial charge < -0.3 is 0 Å². The van der Waals surface area contributed by atoms with E-state index in [0.29, 0.717) is 0 Å². The smallest absolute Gasteiger partial charge is 0.124 e. The highest BCUT2D eigenvalue weighted by Crippen LogP contribution is 1.97. The number of nitrogens with zero attached hydrogens (tertiary/aromatic N) is 1. The van der Waals surface area contributed by atoms with E-state index in [1.165, 1.54) is 0 Å². The van der Waals surface area contributed by atoms with Gasteiger partial charge in [-0.2, -0.15) is 0 Å². The zero-order chi connectivity index (χ0) is 7.23. The zero-order valence-electron chi connectivity index (χ0n) is 5.30. The summed E-state index contributed by atoms with van der Waals surface area (Å²) in [7, 11) is 0. The lowest BCUT2D eigenvalue weighted by Crippen LogP contribution is -1.71. The Morgan fingerprint density at radius 2 is 2.60 bits per heavy atom. The Labute approximate surface area is 72.6 Å². The van der Waals surface area contributed by atoms with E-state index in [9.17, 15) is 0 Å². The summed E-state index contributed by atoms with van der Waals surface area (Å²) in [4.78, 5) is 4.02. The first kappa shape index (κ1) is 7.77. The Hall–Kier alpha value is -0.330. The number of rotatable bonds is 1. The summed E-state index contributed by atoms with van der Waals surface area (Å²) >= 11 is 4.87. The van der Waals surface area contributed by atoms with Crippen molar-refractivity contribution in [1.82, 2.24) is 4.98 Å². The number of hydrogen-bond acceptors (Lipinski definition) is 2. The molecule has 0 N–H and O–H groups in total. The summed E-state index contributed by atoms with van der Waals surface area (Å²) in [5.41, 5.74) is 2.67. The van der Waals surface area contributed by atoms with Crippen molar-refractivity contribution >= 4 is 27.3 Å². The predicted octanol–water partition coefficient (Wildman–Crippen LogP) is 2.28. The van der Waals surface area contributed by atoms with Crippen LogP contribution in [0.5, 0.6) is 0 Å². The lowest BCUT2D eigenvalue weighted by atomic mass is 10.4. The van der Waals surface area contributed by atoms with E-state index in [1.54, 1.807) is 16.8 Å². The number of hydrogen-bond donors (Lipinski definition) is 0. The normalized spacial score (nSPS) is 8.50. The standard InChI is InChI=1S/C7H6BrNS/c8-4-2-1-3-7-5-10-6-9-7/h5-6H,2,4H2. The van der Waals surface area contributed by atoms with Crippen molar-refractivity contribution in [2.45, 2.75) is 6.42 Å². The fourth-order valence-corrected chi connectivity index (χ4v) is 1.16. The molecular formula is C7H6BrNS. The van der Waals surface area contributed by atoms with Crippen LogP contribution in [0.15, 0.2) is 10.9 Å². The second kappa shape index (κ2) is 4.48. The van der Waals surface area contributed by atoms with Crippen molar-refractivity contribution in [2.75, 3.05) is 5.33 Å². The van der Waals surface area contributed by atoms with Gasteiger partial charge in [0, 0.05) is 17.1 Å². The summed E-state index contributed by atoms with van der Waals surface area (Å²) in [6.45, 7) is 0. The van der Waals surface area contributed by atoms with Crippen LogP contribution in [-0.2, 0) is 0 Å². The van der Waals surface area contributed by atoms with E-state index in [1.807, 2.05) is 5.38 Å². The number of alkyl halides is 1. The van der Waals surface area contributed by atoms with E-state index in [4.69, 9.17) is 0 Å². The second-order valence-corrected chi connectivity index (χ2v) is 3.13. The molecule has 3 heteroatoms. The van der Waals surface area contributed by atoms with Gasteiger partial charge >= 0.3 is 0 Å². The molecule has 0 amide bonds. The first-order valence-electron chi connectivity index (χ1n) is 2.86. The molecule has 1 aromatic rings. The SMILES string of the molecule is BrCCC#Cc1cscn1. The van der Waals surface area contributed by atoms with Crippen LogP contribution in [0, 0.1) is 11.8 Å². The molecule has 0 aliphatic carbocycles. The Kier molecular flexibility index (Phi) is 3.48. The molecule has 0 saturated carbocycles. The molecule has 0 atom stereocenters. The van der Waals surface area contributed by atoms with Crippen LogP contribution in [0.1, 0.15) is 12.1 Å². The van der Waals surface area contributed by atoms with Crippen molar-refractivity contribution in [3.63, 3.8) is 0 Å². The fraction of sp³-hybridized carbons (Fsp3) is 0.286. The molecule has 52 valence electrons. The van der Waals surface area contributed by atoms with Crippen LogP contribution < -0.4 is 0 Å². The molecule has 0 saturated heterocycles. The minimum absolute atomic E-state index is 0.881. The Bertz CT molecular complexity index is 232. The fourth-order valence-electron chi connectivity index (χ4n) is 0.475. The number of thiazole rings is 1. The van der Waals surface area contributed by atoms with Crippen LogP contribution in [-0.4, -0.2) is 10.3 Å². The third-order valence-corrected chi connectivity index (χ3v) is 1.85. The van der Waals surface area contributed by atoms with Crippen molar-refractivity contribution in [2.24, 2.45) is 0 Å². The van der Waals surface area contributed by atoms with Crippen molar-refractivity contribution < 1.29 is 0 Å². The third-order valence-electron chi connectivity index (χ3n) is 0.868. The topological polar surface area (TPSA) is 12.9 Å². The maximum Gasteiger partial charge on any atom is 0.124 e. The maximum absolute atomic E-state index is 4.02. The highest BCUT2D eigenvalue weighted by molar-refractivity contribution is 9.09. The molecule has 10 heavy (non-hydrogen) atoms. The Morgan fingerprint density at radius 3 is 3.20 bits per heavy atom. The summed E-state index contributed by atoms with van der Waals surface area (Å²) in [5, 5.41) is 2.88. The van der Waals surface area contributed by atoms with E-state index < -0.39 is 0 Å². The van der Waals surface area contributed by atoms with Gasteiger partial charge in [0.15, 0.2) is 0 Å². The van der Waals surface area contributed by atoms with Crippen LogP contribution >= 0.6 is 27.3 Å². The minimum Gasteiger partial charge on any atom is -0.236 e. The molecule has 0 bridgehead atoms. The van der Waals surface area contributed by atoms with E-state index >= 15 is 0 Å². The average Bonchev–Trinajstić information content (AvgIpc) is 2.41. The van der Waals surface area contributed by atoms with Gasteiger partial charge in [-0.1, -0.05) is 21.9 Å². The van der Waals surface area contributed by atoms with Crippen molar-refractivity contribution in [1.29, 1.82) is 0 Å². The van der Waals surface area contributed by atoms with Gasteiger partial charge in [0.1, 0.15) is 5.69 Å². The minimum atomic E-state index is 0.881. The average molecular weight is 216 g/mol. The molecule has 0 aliphatic rings. The molecule has 0 radical (unpaired) electrons. The van der Waals surface area contributed by atoms with Crippen LogP contribution in [0.2, 0.25) is 0 Å². The molecule has 0 unspecified atom stereocenters. The summed E-state index contributed by atoms with van der Waals surface area (Å²) in [5.74, 6) is 5.93.